The zero-order valence-corrected chi connectivity index (χ0v) is 17.1. The van der Waals surface area contributed by atoms with E-state index in [1.807, 2.05) is 48.3 Å². The van der Waals surface area contributed by atoms with Crippen molar-refractivity contribution in [2.45, 2.75) is 13.1 Å². The van der Waals surface area contributed by atoms with Crippen LogP contribution in [0, 0.1) is 0 Å². The molecule has 1 amide bonds. The molecule has 7 heteroatoms. The quantitative estimate of drug-likeness (QED) is 0.574. The molecule has 0 aliphatic carbocycles. The monoisotopic (exact) mass is 422 g/mol. The number of likely N-dealkylation sites (N-methyl/N-ethyl adjacent to an activating group) is 1. The van der Waals surface area contributed by atoms with Crippen LogP contribution in [0.4, 0.5) is 0 Å². The Morgan fingerprint density at radius 1 is 1.16 bits per heavy atom. The molecule has 0 bridgehead atoms. The van der Waals surface area contributed by atoms with Crippen molar-refractivity contribution in [3.8, 4) is 0 Å². The van der Waals surface area contributed by atoms with E-state index in [-0.39, 0.29) is 12.5 Å². The normalized spacial score (nSPS) is 11.3. The number of hydrogen-bond acceptors (Lipinski definition) is 3. The molecule has 0 saturated heterocycles. The Bertz CT molecular complexity index is 715. The molecular weight excluding hydrogens is 400 g/mol. The number of nitrogens with zero attached hydrogens (tertiary/aromatic N) is 3. The maximum atomic E-state index is 11.9. The number of benzene rings is 1. The zero-order chi connectivity index (χ0) is 18.2. The van der Waals surface area contributed by atoms with E-state index in [0.29, 0.717) is 12.5 Å². The molecule has 0 fully saturated rings. The van der Waals surface area contributed by atoms with Crippen molar-refractivity contribution in [3.05, 3.63) is 56.7 Å². The van der Waals surface area contributed by atoms with Gasteiger partial charge in [-0.15, -0.1) is 11.3 Å². The lowest BCUT2D eigenvalue weighted by atomic mass is 10.2. The van der Waals surface area contributed by atoms with E-state index in [1.165, 1.54) is 4.88 Å². The van der Waals surface area contributed by atoms with Gasteiger partial charge in [0.25, 0.3) is 0 Å². The maximum Gasteiger partial charge on any atom is 0.241 e. The Morgan fingerprint density at radius 3 is 2.48 bits per heavy atom. The molecule has 0 unspecified atom stereocenters. The summed E-state index contributed by atoms with van der Waals surface area (Å²) in [7, 11) is 5.47. The van der Waals surface area contributed by atoms with Gasteiger partial charge in [-0.25, -0.2) is 4.99 Å². The molecule has 25 heavy (non-hydrogen) atoms. The molecule has 1 aromatic carbocycles. The van der Waals surface area contributed by atoms with Crippen molar-refractivity contribution in [1.29, 1.82) is 0 Å². The van der Waals surface area contributed by atoms with Gasteiger partial charge >= 0.3 is 0 Å². The van der Waals surface area contributed by atoms with Gasteiger partial charge in [-0.05, 0) is 33.6 Å². The predicted molar refractivity (Wildman–Crippen MR) is 108 cm³/mol. The van der Waals surface area contributed by atoms with Crippen LogP contribution in [0.15, 0.2) is 51.2 Å². The summed E-state index contributed by atoms with van der Waals surface area (Å²) in [6.45, 7) is 1.52. The first-order chi connectivity index (χ1) is 12.0. The highest BCUT2D eigenvalue weighted by atomic mass is 79.9. The summed E-state index contributed by atoms with van der Waals surface area (Å²) in [5.41, 5.74) is 1.13. The lowest BCUT2D eigenvalue weighted by Crippen LogP contribution is -2.43. The highest BCUT2D eigenvalue weighted by molar-refractivity contribution is 9.11. The summed E-state index contributed by atoms with van der Waals surface area (Å²) in [5.74, 6) is 0.725. The number of thiophene rings is 1. The van der Waals surface area contributed by atoms with Crippen molar-refractivity contribution in [1.82, 2.24) is 15.1 Å². The van der Waals surface area contributed by atoms with Gasteiger partial charge in [0, 0.05) is 26.0 Å². The van der Waals surface area contributed by atoms with Crippen LogP contribution in [0.25, 0.3) is 0 Å². The Morgan fingerprint density at radius 2 is 1.88 bits per heavy atom. The van der Waals surface area contributed by atoms with Crippen molar-refractivity contribution in [2.75, 3.05) is 27.7 Å². The van der Waals surface area contributed by atoms with Crippen LogP contribution < -0.4 is 5.32 Å². The molecule has 5 nitrogen and oxygen atoms in total. The van der Waals surface area contributed by atoms with Crippen molar-refractivity contribution < 1.29 is 4.79 Å². The van der Waals surface area contributed by atoms with Gasteiger partial charge < -0.3 is 15.1 Å². The van der Waals surface area contributed by atoms with Gasteiger partial charge in [-0.2, -0.15) is 0 Å². The van der Waals surface area contributed by atoms with E-state index in [4.69, 9.17) is 0 Å². The summed E-state index contributed by atoms with van der Waals surface area (Å²) in [5, 5.41) is 3.18. The molecule has 0 spiro atoms. The fourth-order valence-corrected chi connectivity index (χ4v) is 3.66. The van der Waals surface area contributed by atoms with Gasteiger partial charge in [-0.1, -0.05) is 30.3 Å². The Hall–Kier alpha value is -1.86. The third kappa shape index (κ3) is 6.51. The molecule has 1 N–H and O–H groups in total. The molecule has 1 aromatic heterocycles. The smallest absolute Gasteiger partial charge is 0.241 e. The van der Waals surface area contributed by atoms with Gasteiger partial charge in [0.15, 0.2) is 5.96 Å². The van der Waals surface area contributed by atoms with Crippen molar-refractivity contribution in [3.63, 3.8) is 0 Å². The van der Waals surface area contributed by atoms with Gasteiger partial charge in [0.1, 0.15) is 0 Å². The lowest BCUT2D eigenvalue weighted by Gasteiger charge is -2.22. The first-order valence-electron chi connectivity index (χ1n) is 7.93. The molecule has 0 aliphatic heterocycles. The van der Waals surface area contributed by atoms with E-state index in [0.717, 1.165) is 15.9 Å². The minimum absolute atomic E-state index is 0.0136. The second-order valence-corrected chi connectivity index (χ2v) is 8.38. The van der Waals surface area contributed by atoms with Crippen molar-refractivity contribution >= 4 is 39.1 Å². The fraction of sp³-hybridized carbons (Fsp3) is 0.333. The number of carbonyl (C=O) groups excluding carboxylic acids is 1. The number of aliphatic imine (C=N–C) groups is 1. The number of hydrogen-bond donors (Lipinski definition) is 1. The van der Waals surface area contributed by atoms with Crippen LogP contribution in [0.3, 0.4) is 0 Å². The molecular formula is C18H23BrN4OS. The molecule has 1 heterocycles. The standard InChI is InChI=1S/C18H23BrN4OS/c1-22(2)17(24)12-21-18(20-11-14-7-5-4-6-8-14)23(3)13-15-9-10-16(19)25-15/h4-10H,11-13H2,1-3H3,(H,20,21). The fourth-order valence-electron chi connectivity index (χ4n) is 2.12. The Balaban J connectivity index is 2.07. The van der Waals surface area contributed by atoms with Crippen LogP contribution >= 0.6 is 27.3 Å². The van der Waals surface area contributed by atoms with Crippen LogP contribution in [0.1, 0.15) is 10.4 Å². The zero-order valence-electron chi connectivity index (χ0n) is 14.7. The van der Waals surface area contributed by atoms with Gasteiger partial charge in [-0.3, -0.25) is 4.79 Å². The maximum absolute atomic E-state index is 11.9. The largest absolute Gasteiger partial charge is 0.347 e. The topological polar surface area (TPSA) is 47.9 Å². The van der Waals surface area contributed by atoms with Crippen LogP contribution in [0.5, 0.6) is 0 Å². The minimum Gasteiger partial charge on any atom is -0.347 e. The SMILES string of the molecule is CN(C)C(=O)CNC(=NCc1ccccc1)N(C)Cc1ccc(Br)s1. The first-order valence-corrected chi connectivity index (χ1v) is 9.54. The third-order valence-corrected chi connectivity index (χ3v) is 5.14. The Labute approximate surface area is 161 Å². The van der Waals surface area contributed by atoms with Crippen LogP contribution in [0.2, 0.25) is 0 Å². The average Bonchev–Trinajstić information content (AvgIpc) is 3.00. The lowest BCUT2D eigenvalue weighted by molar-refractivity contribution is -0.127. The molecule has 0 aliphatic rings. The number of halogens is 1. The highest BCUT2D eigenvalue weighted by Gasteiger charge is 2.11. The molecule has 0 atom stereocenters. The number of nitrogens with one attached hydrogen (secondary N) is 1. The molecule has 134 valence electrons. The average molecular weight is 423 g/mol. The number of carbonyl (C=O) groups is 1. The van der Waals surface area contributed by atoms with Crippen LogP contribution in [-0.4, -0.2) is 49.4 Å². The summed E-state index contributed by atoms with van der Waals surface area (Å²) in [6, 6.07) is 14.2. The van der Waals surface area contributed by atoms with Gasteiger partial charge in [0.2, 0.25) is 5.91 Å². The summed E-state index contributed by atoms with van der Waals surface area (Å²) < 4.78 is 1.11. The summed E-state index contributed by atoms with van der Waals surface area (Å²) >= 11 is 5.18. The highest BCUT2D eigenvalue weighted by Crippen LogP contribution is 2.23. The van der Waals surface area contributed by atoms with E-state index in [2.05, 4.69) is 32.3 Å². The third-order valence-electron chi connectivity index (χ3n) is 3.53. The number of guanidine groups is 1. The van der Waals surface area contributed by atoms with E-state index < -0.39 is 0 Å². The van der Waals surface area contributed by atoms with Crippen LogP contribution in [-0.2, 0) is 17.9 Å². The van der Waals surface area contributed by atoms with Crippen molar-refractivity contribution in [2.24, 2.45) is 4.99 Å². The van der Waals surface area contributed by atoms with E-state index in [1.54, 1.807) is 30.3 Å². The first kappa shape index (κ1) is 19.5. The predicted octanol–water partition coefficient (Wildman–Crippen LogP) is 3.18. The summed E-state index contributed by atoms with van der Waals surface area (Å²) in [6.07, 6.45) is 0. The number of rotatable bonds is 6. The second kappa shape index (κ2) is 9.58. The second-order valence-electron chi connectivity index (χ2n) is 5.83. The van der Waals surface area contributed by atoms with Gasteiger partial charge in [0.05, 0.1) is 23.4 Å². The molecule has 0 saturated carbocycles. The van der Waals surface area contributed by atoms with E-state index >= 15 is 0 Å². The Kier molecular flexibility index (Phi) is 7.46. The molecule has 2 rings (SSSR count). The summed E-state index contributed by atoms with van der Waals surface area (Å²) in [4.78, 5) is 21.4. The number of amides is 1. The molecule has 2 aromatic rings. The minimum atomic E-state index is 0.0136. The molecule has 0 radical (unpaired) electrons. The van der Waals surface area contributed by atoms with E-state index in [9.17, 15) is 4.79 Å².